The van der Waals surface area contributed by atoms with Crippen LogP contribution in [0.2, 0.25) is 0 Å². The fraction of sp³-hybridized carbons (Fsp3) is 0.471. The molecule has 1 unspecified atom stereocenters. The minimum absolute atomic E-state index is 0.0167. The third kappa shape index (κ3) is 2.99. The van der Waals surface area contributed by atoms with Crippen molar-refractivity contribution in [3.05, 3.63) is 35.3 Å². The number of aromatic amines is 1. The number of halogens is 1. The molecule has 1 aliphatic rings. The van der Waals surface area contributed by atoms with Crippen molar-refractivity contribution in [2.45, 2.75) is 19.3 Å². The lowest BCUT2D eigenvalue weighted by atomic mass is 9.86. The fourth-order valence-electron chi connectivity index (χ4n) is 3.16. The normalized spacial score (nSPS) is 17.7. The summed E-state index contributed by atoms with van der Waals surface area (Å²) in [4.78, 5) is 17.7. The molecule has 1 amide bonds. The fourth-order valence-corrected chi connectivity index (χ4v) is 3.16. The molecule has 1 aromatic carbocycles. The number of rotatable bonds is 4. The zero-order chi connectivity index (χ0) is 15.7. The van der Waals surface area contributed by atoms with E-state index in [9.17, 15) is 9.18 Å². The van der Waals surface area contributed by atoms with Gasteiger partial charge in [-0.1, -0.05) is 0 Å². The van der Waals surface area contributed by atoms with Crippen molar-refractivity contribution < 1.29 is 9.18 Å². The van der Waals surface area contributed by atoms with Gasteiger partial charge in [0.15, 0.2) is 0 Å². The van der Waals surface area contributed by atoms with Crippen molar-refractivity contribution >= 4 is 16.8 Å². The number of carbonyl (C=O) groups excluding carboxylic acids is 1. The first-order chi connectivity index (χ1) is 10.5. The topological polar surface area (TPSA) is 48.1 Å². The molecule has 2 aromatic rings. The van der Waals surface area contributed by atoms with E-state index in [1.54, 1.807) is 12.1 Å². The third-order valence-electron chi connectivity index (χ3n) is 4.38. The number of H-pyrrole nitrogens is 1. The van der Waals surface area contributed by atoms with Gasteiger partial charge in [-0.15, -0.1) is 0 Å². The molecule has 3 rings (SSSR count). The minimum atomic E-state index is -0.230. The Morgan fingerprint density at radius 3 is 3.05 bits per heavy atom. The molecule has 4 nitrogen and oxygen atoms in total. The lowest BCUT2D eigenvalue weighted by Crippen LogP contribution is -2.37. The molecule has 0 saturated carbocycles. The standard InChI is InChI=1S/C17H22FN3O/c1-21(2)8-7-19-17(22)11-3-5-15-13(9-11)14-10-12(18)4-6-16(14)20-15/h4,6,10-11,20H,3,5,7-9H2,1-2H3,(H,19,22). The van der Waals surface area contributed by atoms with Gasteiger partial charge in [-0.05, 0) is 57.1 Å². The highest BCUT2D eigenvalue weighted by molar-refractivity contribution is 5.87. The predicted molar refractivity (Wildman–Crippen MR) is 85.3 cm³/mol. The van der Waals surface area contributed by atoms with Crippen LogP contribution in [0, 0.1) is 11.7 Å². The summed E-state index contributed by atoms with van der Waals surface area (Å²) in [6.45, 7) is 1.50. The van der Waals surface area contributed by atoms with Crippen LogP contribution in [0.5, 0.6) is 0 Å². The Morgan fingerprint density at radius 2 is 2.27 bits per heavy atom. The lowest BCUT2D eigenvalue weighted by molar-refractivity contribution is -0.125. The molecule has 0 spiro atoms. The molecule has 1 heterocycles. The van der Waals surface area contributed by atoms with Crippen LogP contribution in [0.15, 0.2) is 18.2 Å². The van der Waals surface area contributed by atoms with E-state index in [4.69, 9.17) is 0 Å². The molecular formula is C17H22FN3O. The van der Waals surface area contributed by atoms with Gasteiger partial charge in [0, 0.05) is 35.6 Å². The summed E-state index contributed by atoms with van der Waals surface area (Å²) in [6, 6.07) is 4.81. The Balaban J connectivity index is 1.74. The summed E-state index contributed by atoms with van der Waals surface area (Å²) in [5, 5.41) is 3.92. The highest BCUT2D eigenvalue weighted by Crippen LogP contribution is 2.32. The van der Waals surface area contributed by atoms with Gasteiger partial charge in [0.1, 0.15) is 5.82 Å². The van der Waals surface area contributed by atoms with Crippen molar-refractivity contribution in [1.82, 2.24) is 15.2 Å². The summed E-state index contributed by atoms with van der Waals surface area (Å²) in [7, 11) is 3.97. The Kier molecular flexibility index (Phi) is 4.16. The van der Waals surface area contributed by atoms with Crippen LogP contribution in [0.4, 0.5) is 4.39 Å². The zero-order valence-electron chi connectivity index (χ0n) is 13.1. The molecule has 1 aromatic heterocycles. The number of aryl methyl sites for hydroxylation is 1. The maximum Gasteiger partial charge on any atom is 0.223 e. The van der Waals surface area contributed by atoms with Crippen LogP contribution in [0.1, 0.15) is 17.7 Å². The van der Waals surface area contributed by atoms with Crippen LogP contribution in [0.25, 0.3) is 10.9 Å². The Bertz CT molecular complexity index is 693. The monoisotopic (exact) mass is 303 g/mol. The molecule has 0 fully saturated rings. The first-order valence-corrected chi connectivity index (χ1v) is 7.76. The number of carbonyl (C=O) groups is 1. The van der Waals surface area contributed by atoms with Gasteiger partial charge >= 0.3 is 0 Å². The van der Waals surface area contributed by atoms with Crippen molar-refractivity contribution in [3.63, 3.8) is 0 Å². The van der Waals surface area contributed by atoms with Crippen LogP contribution >= 0.6 is 0 Å². The van der Waals surface area contributed by atoms with Gasteiger partial charge in [-0.3, -0.25) is 4.79 Å². The number of benzene rings is 1. The maximum absolute atomic E-state index is 13.5. The van der Waals surface area contributed by atoms with Gasteiger partial charge in [0.05, 0.1) is 0 Å². The van der Waals surface area contributed by atoms with Gasteiger partial charge in [-0.2, -0.15) is 0 Å². The number of hydrogen-bond acceptors (Lipinski definition) is 2. The van der Waals surface area contributed by atoms with E-state index in [-0.39, 0.29) is 17.6 Å². The first-order valence-electron chi connectivity index (χ1n) is 7.76. The molecule has 1 atom stereocenters. The van der Waals surface area contributed by atoms with Gasteiger partial charge in [0.25, 0.3) is 0 Å². The Labute approximate surface area is 129 Å². The third-order valence-corrected chi connectivity index (χ3v) is 4.38. The van der Waals surface area contributed by atoms with E-state index >= 15 is 0 Å². The van der Waals surface area contributed by atoms with Crippen LogP contribution in [0.3, 0.4) is 0 Å². The lowest BCUT2D eigenvalue weighted by Gasteiger charge is -2.22. The largest absolute Gasteiger partial charge is 0.358 e. The average molecular weight is 303 g/mol. The van der Waals surface area contributed by atoms with Crippen molar-refractivity contribution in [3.8, 4) is 0 Å². The number of nitrogens with zero attached hydrogens (tertiary/aromatic N) is 1. The summed E-state index contributed by atoms with van der Waals surface area (Å²) in [5.41, 5.74) is 3.21. The molecule has 0 aliphatic heterocycles. The predicted octanol–water partition coefficient (Wildman–Crippen LogP) is 2.09. The molecule has 118 valence electrons. The van der Waals surface area contributed by atoms with Crippen LogP contribution in [-0.2, 0) is 17.6 Å². The Morgan fingerprint density at radius 1 is 1.45 bits per heavy atom. The highest BCUT2D eigenvalue weighted by atomic mass is 19.1. The van der Waals surface area contributed by atoms with Crippen LogP contribution < -0.4 is 5.32 Å². The molecule has 0 bridgehead atoms. The average Bonchev–Trinajstić information content (AvgIpc) is 2.84. The van der Waals surface area contributed by atoms with E-state index in [2.05, 4.69) is 10.3 Å². The SMILES string of the molecule is CN(C)CCNC(=O)C1CCc2[nH]c3ccc(F)cc3c2C1. The van der Waals surface area contributed by atoms with Gasteiger partial charge in [0.2, 0.25) is 5.91 Å². The minimum Gasteiger partial charge on any atom is -0.358 e. The summed E-state index contributed by atoms with van der Waals surface area (Å²) in [5.74, 6) is -0.137. The Hall–Kier alpha value is -1.88. The van der Waals surface area contributed by atoms with Crippen molar-refractivity contribution in [2.24, 2.45) is 5.92 Å². The van der Waals surface area contributed by atoms with E-state index in [0.29, 0.717) is 13.0 Å². The maximum atomic E-state index is 13.5. The van der Waals surface area contributed by atoms with E-state index in [1.165, 1.54) is 6.07 Å². The number of aromatic nitrogens is 1. The quantitative estimate of drug-likeness (QED) is 0.908. The van der Waals surface area contributed by atoms with Crippen LogP contribution in [-0.4, -0.2) is 43.0 Å². The van der Waals surface area contributed by atoms with Crippen molar-refractivity contribution in [2.75, 3.05) is 27.2 Å². The zero-order valence-corrected chi connectivity index (χ0v) is 13.1. The summed E-state index contributed by atoms with van der Waals surface area (Å²) < 4.78 is 13.5. The highest BCUT2D eigenvalue weighted by Gasteiger charge is 2.27. The van der Waals surface area contributed by atoms with Gasteiger partial charge < -0.3 is 15.2 Å². The number of hydrogen-bond donors (Lipinski definition) is 2. The second kappa shape index (κ2) is 6.08. The first kappa shape index (κ1) is 15.0. The van der Waals surface area contributed by atoms with Gasteiger partial charge in [-0.25, -0.2) is 4.39 Å². The molecule has 0 saturated heterocycles. The van der Waals surface area contributed by atoms with E-state index in [1.807, 2.05) is 19.0 Å². The second-order valence-corrected chi connectivity index (χ2v) is 6.31. The van der Waals surface area contributed by atoms with Crippen molar-refractivity contribution in [1.29, 1.82) is 0 Å². The molecular weight excluding hydrogens is 281 g/mol. The van der Waals surface area contributed by atoms with E-state index < -0.39 is 0 Å². The number of likely N-dealkylation sites (N-methyl/N-ethyl adjacent to an activating group) is 1. The molecule has 1 aliphatic carbocycles. The van der Waals surface area contributed by atoms with E-state index in [0.717, 1.165) is 41.5 Å². The number of nitrogens with one attached hydrogen (secondary N) is 2. The summed E-state index contributed by atoms with van der Waals surface area (Å²) in [6.07, 6.45) is 2.38. The molecule has 2 N–H and O–H groups in total. The summed E-state index contributed by atoms with van der Waals surface area (Å²) >= 11 is 0. The molecule has 5 heteroatoms. The number of fused-ring (bicyclic) bond motifs is 3. The number of amides is 1. The smallest absolute Gasteiger partial charge is 0.223 e. The second-order valence-electron chi connectivity index (χ2n) is 6.31. The molecule has 22 heavy (non-hydrogen) atoms. The molecule has 0 radical (unpaired) electrons.